The number of nitrogens with zero attached hydrogens (tertiary/aromatic N) is 1. The Bertz CT molecular complexity index is 490. The summed E-state index contributed by atoms with van der Waals surface area (Å²) in [5.74, 6) is -0.372. The van der Waals surface area contributed by atoms with Gasteiger partial charge >= 0.3 is 5.97 Å². The van der Waals surface area contributed by atoms with Crippen LogP contribution in [0.1, 0.15) is 32.3 Å². The monoisotopic (exact) mass is 299 g/mol. The average molecular weight is 300 g/mol. The van der Waals surface area contributed by atoms with Crippen LogP contribution in [0, 0.1) is 11.3 Å². The highest BCUT2D eigenvalue weighted by Gasteiger charge is 2.36. The maximum Gasteiger partial charge on any atom is 0.316 e. The van der Waals surface area contributed by atoms with Gasteiger partial charge in [-0.1, -0.05) is 23.2 Å². The van der Waals surface area contributed by atoms with Gasteiger partial charge in [0.15, 0.2) is 0 Å². The third-order valence-electron chi connectivity index (χ3n) is 2.96. The summed E-state index contributed by atoms with van der Waals surface area (Å²) in [5.41, 5.74) is -0.251. The van der Waals surface area contributed by atoms with Crippen molar-refractivity contribution in [3.63, 3.8) is 0 Å². The molecule has 1 aromatic rings. The molecule has 0 saturated heterocycles. The molecule has 0 bridgehead atoms. The number of nitriles is 1. The van der Waals surface area contributed by atoms with Gasteiger partial charge in [0, 0.05) is 16.5 Å². The molecule has 0 fully saturated rings. The van der Waals surface area contributed by atoms with Gasteiger partial charge in [-0.05, 0) is 44.0 Å². The molecule has 0 aliphatic heterocycles. The van der Waals surface area contributed by atoms with Crippen LogP contribution < -0.4 is 0 Å². The Morgan fingerprint density at radius 1 is 1.37 bits per heavy atom. The molecule has 0 aliphatic rings. The number of hydrogen-bond donors (Lipinski definition) is 0. The van der Waals surface area contributed by atoms with Crippen molar-refractivity contribution < 1.29 is 9.53 Å². The van der Waals surface area contributed by atoms with E-state index in [1.807, 2.05) is 6.07 Å². The third-order valence-corrected chi connectivity index (χ3v) is 3.40. The first kappa shape index (κ1) is 15.8. The van der Waals surface area contributed by atoms with Crippen molar-refractivity contribution in [3.8, 4) is 6.07 Å². The van der Waals surface area contributed by atoms with Crippen molar-refractivity contribution in [1.82, 2.24) is 0 Å². The van der Waals surface area contributed by atoms with Gasteiger partial charge in [0.05, 0.1) is 18.1 Å². The highest BCUT2D eigenvalue weighted by molar-refractivity contribution is 6.34. The quantitative estimate of drug-likeness (QED) is 0.769. The van der Waals surface area contributed by atoms with Crippen LogP contribution in [0.25, 0.3) is 0 Å². The Kier molecular flexibility index (Phi) is 5.65. The summed E-state index contributed by atoms with van der Waals surface area (Å²) in [4.78, 5) is 12.2. The molecule has 1 rings (SSSR count). The van der Waals surface area contributed by atoms with Gasteiger partial charge in [0.2, 0.25) is 0 Å². The fourth-order valence-electron chi connectivity index (χ4n) is 1.83. The molecule has 3 nitrogen and oxygen atoms in total. The Hall–Kier alpha value is -1.24. The minimum absolute atomic E-state index is 0.249. The van der Waals surface area contributed by atoms with Crippen LogP contribution in [-0.2, 0) is 14.9 Å². The van der Waals surface area contributed by atoms with Crippen molar-refractivity contribution in [2.24, 2.45) is 0 Å². The van der Waals surface area contributed by atoms with E-state index >= 15 is 0 Å². The predicted octanol–water partition coefficient (Wildman–Crippen LogP) is 4.12. The number of rotatable bonds is 5. The van der Waals surface area contributed by atoms with E-state index in [0.29, 0.717) is 22.0 Å². The first-order valence-electron chi connectivity index (χ1n) is 5.94. The van der Waals surface area contributed by atoms with Gasteiger partial charge in [-0.15, -0.1) is 0 Å². The van der Waals surface area contributed by atoms with Crippen LogP contribution in [-0.4, -0.2) is 12.6 Å². The van der Waals surface area contributed by atoms with Gasteiger partial charge < -0.3 is 4.74 Å². The van der Waals surface area contributed by atoms with Crippen molar-refractivity contribution in [3.05, 3.63) is 33.8 Å². The topological polar surface area (TPSA) is 50.1 Å². The van der Waals surface area contributed by atoms with Crippen molar-refractivity contribution in [2.45, 2.75) is 32.1 Å². The number of benzene rings is 1. The van der Waals surface area contributed by atoms with Crippen LogP contribution in [0.5, 0.6) is 0 Å². The zero-order valence-corrected chi connectivity index (χ0v) is 12.4. The zero-order chi connectivity index (χ0) is 14.5. The number of hydrogen-bond acceptors (Lipinski definition) is 3. The second-order valence-electron chi connectivity index (χ2n) is 4.37. The van der Waals surface area contributed by atoms with E-state index in [9.17, 15) is 4.79 Å². The van der Waals surface area contributed by atoms with Gasteiger partial charge in [0.25, 0.3) is 0 Å². The number of ether oxygens (including phenoxy) is 1. The fraction of sp³-hybridized carbons (Fsp3) is 0.429. The first-order valence-corrected chi connectivity index (χ1v) is 6.70. The number of esters is 1. The van der Waals surface area contributed by atoms with Crippen molar-refractivity contribution in [1.29, 1.82) is 5.26 Å². The minimum atomic E-state index is -0.916. The lowest BCUT2D eigenvalue weighted by molar-refractivity contribution is -0.149. The minimum Gasteiger partial charge on any atom is -0.465 e. The van der Waals surface area contributed by atoms with E-state index in [1.165, 1.54) is 0 Å². The third kappa shape index (κ3) is 3.86. The molecule has 0 spiro atoms. The lowest BCUT2D eigenvalue weighted by atomic mass is 9.78. The van der Waals surface area contributed by atoms with Gasteiger partial charge in [-0.2, -0.15) is 5.26 Å². The van der Waals surface area contributed by atoms with Crippen LogP contribution in [0.4, 0.5) is 0 Å². The van der Waals surface area contributed by atoms with E-state index < -0.39 is 5.41 Å². The molecule has 5 heteroatoms. The molecule has 0 saturated carbocycles. The lowest BCUT2D eigenvalue weighted by Crippen LogP contribution is -2.34. The van der Waals surface area contributed by atoms with Crippen molar-refractivity contribution >= 4 is 29.2 Å². The molecular weight excluding hydrogens is 285 g/mol. The molecule has 1 aromatic carbocycles. The van der Waals surface area contributed by atoms with Crippen LogP contribution in [0.2, 0.25) is 10.0 Å². The van der Waals surface area contributed by atoms with E-state index in [-0.39, 0.29) is 19.0 Å². The summed E-state index contributed by atoms with van der Waals surface area (Å²) in [7, 11) is 0. The summed E-state index contributed by atoms with van der Waals surface area (Å²) in [6, 6.07) is 7.01. The average Bonchev–Trinajstić information content (AvgIpc) is 2.35. The Morgan fingerprint density at radius 2 is 1.95 bits per heavy atom. The first-order chi connectivity index (χ1) is 8.93. The summed E-state index contributed by atoms with van der Waals surface area (Å²) in [5, 5.41) is 9.65. The molecule has 102 valence electrons. The molecule has 0 radical (unpaired) electrons. The van der Waals surface area contributed by atoms with Gasteiger partial charge in [0.1, 0.15) is 0 Å². The SMILES string of the molecule is CCOC(=O)C(C)(CCC#N)c1cc(Cl)cc(Cl)c1. The van der Waals surface area contributed by atoms with Gasteiger partial charge in [-0.3, -0.25) is 4.79 Å². The summed E-state index contributed by atoms with van der Waals surface area (Å²) in [6.07, 6.45) is 0.610. The number of carbonyl (C=O) groups excluding carboxylic acids is 1. The highest BCUT2D eigenvalue weighted by Crippen LogP contribution is 2.34. The molecular formula is C14H15Cl2NO2. The van der Waals surface area contributed by atoms with Crippen LogP contribution in [0.3, 0.4) is 0 Å². The summed E-state index contributed by atoms with van der Waals surface area (Å²) >= 11 is 11.9. The summed E-state index contributed by atoms with van der Waals surface area (Å²) < 4.78 is 5.10. The molecule has 1 unspecified atom stereocenters. The van der Waals surface area contributed by atoms with Crippen LogP contribution >= 0.6 is 23.2 Å². The largest absolute Gasteiger partial charge is 0.465 e. The normalized spacial score (nSPS) is 13.4. The molecule has 1 atom stereocenters. The van der Waals surface area contributed by atoms with Gasteiger partial charge in [-0.25, -0.2) is 0 Å². The molecule has 19 heavy (non-hydrogen) atoms. The van der Waals surface area contributed by atoms with E-state index in [1.54, 1.807) is 32.0 Å². The zero-order valence-electron chi connectivity index (χ0n) is 10.9. The molecule has 0 aliphatic carbocycles. The summed E-state index contributed by atoms with van der Waals surface area (Å²) in [6.45, 7) is 3.77. The van der Waals surface area contributed by atoms with Crippen LogP contribution in [0.15, 0.2) is 18.2 Å². The van der Waals surface area contributed by atoms with E-state index in [0.717, 1.165) is 0 Å². The number of carbonyl (C=O) groups is 1. The molecule has 0 N–H and O–H groups in total. The van der Waals surface area contributed by atoms with Crippen molar-refractivity contribution in [2.75, 3.05) is 6.61 Å². The van der Waals surface area contributed by atoms with E-state index in [2.05, 4.69) is 0 Å². The molecule has 0 amide bonds. The second-order valence-corrected chi connectivity index (χ2v) is 5.24. The Labute approximate surface area is 123 Å². The number of halogens is 2. The second kappa shape index (κ2) is 6.79. The lowest BCUT2D eigenvalue weighted by Gasteiger charge is -2.27. The standard InChI is InChI=1S/C14H15Cl2NO2/c1-3-19-13(18)14(2,5-4-6-17)10-7-11(15)9-12(16)8-10/h7-9H,3-5H2,1-2H3. The smallest absolute Gasteiger partial charge is 0.316 e. The maximum atomic E-state index is 12.2. The predicted molar refractivity (Wildman–Crippen MR) is 75.3 cm³/mol. The van der Waals surface area contributed by atoms with E-state index in [4.69, 9.17) is 33.2 Å². The molecule has 0 heterocycles. The fourth-order valence-corrected chi connectivity index (χ4v) is 2.36. The Balaban J connectivity index is 3.22. The highest BCUT2D eigenvalue weighted by atomic mass is 35.5. The molecule has 0 aromatic heterocycles. The maximum absolute atomic E-state index is 12.2. The Morgan fingerprint density at radius 3 is 2.42 bits per heavy atom.